The molecule has 0 rings (SSSR count). The van der Waals surface area contributed by atoms with E-state index in [9.17, 15) is 4.79 Å². The van der Waals surface area contributed by atoms with Crippen molar-refractivity contribution in [1.82, 2.24) is 5.32 Å². The minimum atomic E-state index is 0. The molecule has 0 aliphatic heterocycles. The van der Waals surface area contributed by atoms with Crippen molar-refractivity contribution < 1.29 is 23.4 Å². The molecule has 0 unspecified atom stereocenters. The molecular weight excluding hydrogens is 201 g/mol. The Balaban J connectivity index is 0. The van der Waals surface area contributed by atoms with Gasteiger partial charge in [-0.3, -0.25) is 4.79 Å². The van der Waals surface area contributed by atoms with Crippen LogP contribution in [0, 0.1) is 6.92 Å². The minimum absolute atomic E-state index is 0. The molecule has 0 fully saturated rings. The molecule has 0 aromatic heterocycles. The molecule has 0 aromatic rings. The van der Waals surface area contributed by atoms with E-state index in [1.807, 2.05) is 0 Å². The molecule has 3 heteroatoms. The molecule has 0 spiro atoms. The minimum Gasteiger partial charge on any atom is -0.356 e. The monoisotopic (exact) mass is 221 g/mol. The average molecular weight is 221 g/mol. The van der Waals surface area contributed by atoms with Gasteiger partial charge in [-0.25, -0.2) is 0 Å². The van der Waals surface area contributed by atoms with Crippen molar-refractivity contribution >= 4 is 5.91 Å². The topological polar surface area (TPSA) is 29.1 Å². The standard InChI is InChI=1S/C10H20NO.V/c1-3-5-6-7-9-11-10(12)8-4-2;/h2-9H2,1H3,(H,11,12);/q-1;. The number of carbonyl (C=O) groups excluding carboxylic acids is 1. The zero-order valence-corrected chi connectivity index (χ0v) is 9.91. The third-order valence-corrected chi connectivity index (χ3v) is 1.76. The molecule has 1 N–H and O–H groups in total. The van der Waals surface area contributed by atoms with E-state index in [1.54, 1.807) is 0 Å². The average Bonchev–Trinajstić information content (AvgIpc) is 2.05. The normalized spacial score (nSPS) is 9.08. The molecule has 1 radical (unpaired) electrons. The van der Waals surface area contributed by atoms with Crippen molar-refractivity contribution in [3.63, 3.8) is 0 Å². The Bertz CT molecular complexity index is 117. The van der Waals surface area contributed by atoms with Gasteiger partial charge in [-0.2, -0.15) is 6.42 Å². The van der Waals surface area contributed by atoms with Crippen LogP contribution in [0.2, 0.25) is 0 Å². The maximum atomic E-state index is 10.9. The molecular formula is C10H20NOV-. The van der Waals surface area contributed by atoms with Crippen molar-refractivity contribution in [2.45, 2.75) is 45.4 Å². The van der Waals surface area contributed by atoms with Crippen LogP contribution >= 0.6 is 0 Å². The van der Waals surface area contributed by atoms with Crippen molar-refractivity contribution in [2.24, 2.45) is 0 Å². The van der Waals surface area contributed by atoms with Gasteiger partial charge in [0, 0.05) is 25.1 Å². The SMILES string of the molecule is [CH2-]CCC(=O)NCCCCCC.[V]. The van der Waals surface area contributed by atoms with E-state index in [2.05, 4.69) is 19.2 Å². The Morgan fingerprint density at radius 2 is 2.00 bits per heavy atom. The molecule has 0 atom stereocenters. The van der Waals surface area contributed by atoms with Crippen LogP contribution in [-0.2, 0) is 23.4 Å². The van der Waals surface area contributed by atoms with Gasteiger partial charge in [-0.1, -0.05) is 26.2 Å². The zero-order chi connectivity index (χ0) is 9.23. The third kappa shape index (κ3) is 12.1. The molecule has 1 amide bonds. The van der Waals surface area contributed by atoms with Crippen LogP contribution in [0.15, 0.2) is 0 Å². The first-order valence-corrected chi connectivity index (χ1v) is 4.87. The van der Waals surface area contributed by atoms with Gasteiger partial charge in [0.2, 0.25) is 5.91 Å². The van der Waals surface area contributed by atoms with E-state index in [4.69, 9.17) is 0 Å². The van der Waals surface area contributed by atoms with Gasteiger partial charge < -0.3 is 12.2 Å². The second-order valence-corrected chi connectivity index (χ2v) is 3.01. The summed E-state index contributed by atoms with van der Waals surface area (Å²) in [4.78, 5) is 10.9. The summed E-state index contributed by atoms with van der Waals surface area (Å²) in [6, 6.07) is 0. The van der Waals surface area contributed by atoms with Gasteiger partial charge in [-0.05, 0) is 12.8 Å². The fourth-order valence-electron chi connectivity index (χ4n) is 1.03. The first kappa shape index (κ1) is 15.5. The molecule has 13 heavy (non-hydrogen) atoms. The summed E-state index contributed by atoms with van der Waals surface area (Å²) >= 11 is 0. The van der Waals surface area contributed by atoms with Gasteiger partial charge in [0.15, 0.2) is 0 Å². The summed E-state index contributed by atoms with van der Waals surface area (Å²) in [5.74, 6) is 0.140. The van der Waals surface area contributed by atoms with Crippen molar-refractivity contribution in [1.29, 1.82) is 0 Å². The van der Waals surface area contributed by atoms with Crippen LogP contribution in [0.3, 0.4) is 0 Å². The van der Waals surface area contributed by atoms with Crippen LogP contribution in [0.4, 0.5) is 0 Å². The number of carbonyl (C=O) groups is 1. The number of rotatable bonds is 7. The van der Waals surface area contributed by atoms with Gasteiger partial charge in [0.1, 0.15) is 0 Å². The second-order valence-electron chi connectivity index (χ2n) is 3.01. The van der Waals surface area contributed by atoms with Gasteiger partial charge in [-0.15, -0.1) is 0 Å². The number of hydrogen-bond donors (Lipinski definition) is 1. The summed E-state index contributed by atoms with van der Waals surface area (Å²) in [5, 5.41) is 2.86. The number of hydrogen-bond acceptors (Lipinski definition) is 1. The van der Waals surface area contributed by atoms with Crippen LogP contribution in [0.5, 0.6) is 0 Å². The summed E-state index contributed by atoms with van der Waals surface area (Å²) in [7, 11) is 0. The first-order chi connectivity index (χ1) is 5.81. The maximum Gasteiger partial charge on any atom is 0.217 e. The Labute approximate surface area is 93.7 Å². The molecule has 0 saturated carbocycles. The first-order valence-electron chi connectivity index (χ1n) is 4.87. The second kappa shape index (κ2) is 12.1. The van der Waals surface area contributed by atoms with E-state index in [0.717, 1.165) is 13.0 Å². The molecule has 0 aliphatic rings. The fraction of sp³-hybridized carbons (Fsp3) is 0.800. The molecule has 2 nitrogen and oxygen atoms in total. The van der Waals surface area contributed by atoms with Crippen LogP contribution < -0.4 is 5.32 Å². The largest absolute Gasteiger partial charge is 0.356 e. The number of nitrogens with one attached hydrogen (secondary N) is 1. The van der Waals surface area contributed by atoms with E-state index >= 15 is 0 Å². The summed E-state index contributed by atoms with van der Waals surface area (Å²) in [6.07, 6.45) is 6.10. The quantitative estimate of drug-likeness (QED) is 0.518. The molecule has 77 valence electrons. The van der Waals surface area contributed by atoms with E-state index < -0.39 is 0 Å². The molecule has 0 saturated heterocycles. The third-order valence-electron chi connectivity index (χ3n) is 1.76. The molecule has 0 aliphatic carbocycles. The van der Waals surface area contributed by atoms with Crippen LogP contribution in [-0.4, -0.2) is 12.5 Å². The molecule has 0 aromatic carbocycles. The number of unbranched alkanes of at least 4 members (excludes halogenated alkanes) is 3. The van der Waals surface area contributed by atoms with Crippen molar-refractivity contribution in [3.05, 3.63) is 6.92 Å². The Kier molecular flexibility index (Phi) is 14.4. The molecule has 0 heterocycles. The number of amides is 1. The zero-order valence-electron chi connectivity index (χ0n) is 8.51. The van der Waals surface area contributed by atoms with Crippen molar-refractivity contribution in [2.75, 3.05) is 6.54 Å². The summed E-state index contributed by atoms with van der Waals surface area (Å²) in [6.45, 7) is 6.64. The predicted molar refractivity (Wildman–Crippen MR) is 51.7 cm³/mol. The maximum absolute atomic E-state index is 10.9. The van der Waals surface area contributed by atoms with Gasteiger partial charge in [0.25, 0.3) is 0 Å². The van der Waals surface area contributed by atoms with Crippen molar-refractivity contribution in [3.8, 4) is 0 Å². The summed E-state index contributed by atoms with van der Waals surface area (Å²) in [5.41, 5.74) is 0. The van der Waals surface area contributed by atoms with E-state index in [0.29, 0.717) is 12.8 Å². The Morgan fingerprint density at radius 1 is 1.31 bits per heavy atom. The molecule has 0 bridgehead atoms. The Morgan fingerprint density at radius 3 is 2.54 bits per heavy atom. The predicted octanol–water partition coefficient (Wildman–Crippen LogP) is 2.29. The smallest absolute Gasteiger partial charge is 0.217 e. The van der Waals surface area contributed by atoms with E-state index in [-0.39, 0.29) is 24.5 Å². The van der Waals surface area contributed by atoms with Crippen LogP contribution in [0.25, 0.3) is 0 Å². The summed E-state index contributed by atoms with van der Waals surface area (Å²) < 4.78 is 0. The van der Waals surface area contributed by atoms with Crippen LogP contribution in [0.1, 0.15) is 45.4 Å². The Hall–Kier alpha value is 0.0544. The fourth-order valence-corrected chi connectivity index (χ4v) is 1.03. The van der Waals surface area contributed by atoms with E-state index in [1.165, 1.54) is 19.3 Å². The van der Waals surface area contributed by atoms with Gasteiger partial charge >= 0.3 is 0 Å². The van der Waals surface area contributed by atoms with Gasteiger partial charge in [0.05, 0.1) is 0 Å².